The van der Waals surface area contributed by atoms with Crippen molar-refractivity contribution >= 4 is 0 Å². The molecule has 0 amide bonds. The molecule has 0 bridgehead atoms. The van der Waals surface area contributed by atoms with Gasteiger partial charge in [0.15, 0.2) is 0 Å². The maximum absolute atomic E-state index is 2.31. The summed E-state index contributed by atoms with van der Waals surface area (Å²) in [4.78, 5) is 0. The van der Waals surface area contributed by atoms with Crippen molar-refractivity contribution in [3.05, 3.63) is 35.4 Å². The normalized spacial score (nSPS) is 12.9. The topological polar surface area (TPSA) is 0 Å². The number of aryl methyl sites for hydroxylation is 1. The Bertz CT molecular complexity index is 238. The molecule has 0 aliphatic heterocycles. The molecule has 0 radical (unpaired) electrons. The van der Waals surface area contributed by atoms with Gasteiger partial charge in [0, 0.05) is 0 Å². The fourth-order valence-electron chi connectivity index (χ4n) is 1.73. The molecule has 0 saturated heterocycles. The SMILES string of the molecule is CCCC(C)c1ccccc1C. The van der Waals surface area contributed by atoms with Crippen LogP contribution in [-0.4, -0.2) is 0 Å². The first-order valence-electron chi connectivity index (χ1n) is 4.81. The summed E-state index contributed by atoms with van der Waals surface area (Å²) in [5.41, 5.74) is 2.94. The second-order valence-electron chi connectivity index (χ2n) is 3.55. The maximum atomic E-state index is 2.31. The summed E-state index contributed by atoms with van der Waals surface area (Å²) >= 11 is 0. The summed E-state index contributed by atoms with van der Waals surface area (Å²) in [6, 6.07) is 8.68. The van der Waals surface area contributed by atoms with Gasteiger partial charge in [-0.25, -0.2) is 0 Å². The largest absolute Gasteiger partial charge is 0.0654 e. The van der Waals surface area contributed by atoms with Crippen molar-refractivity contribution in [3.8, 4) is 0 Å². The Kier molecular flexibility index (Phi) is 3.33. The lowest BCUT2D eigenvalue weighted by Crippen LogP contribution is -1.95. The first-order chi connectivity index (χ1) is 5.75. The van der Waals surface area contributed by atoms with Gasteiger partial charge in [0.2, 0.25) is 0 Å². The van der Waals surface area contributed by atoms with Gasteiger partial charge < -0.3 is 0 Å². The van der Waals surface area contributed by atoms with Gasteiger partial charge >= 0.3 is 0 Å². The Hall–Kier alpha value is -0.780. The summed E-state index contributed by atoms with van der Waals surface area (Å²) < 4.78 is 0. The molecule has 1 atom stereocenters. The van der Waals surface area contributed by atoms with E-state index < -0.39 is 0 Å². The van der Waals surface area contributed by atoms with Gasteiger partial charge in [-0.1, -0.05) is 44.5 Å². The Balaban J connectivity index is 2.79. The van der Waals surface area contributed by atoms with Crippen LogP contribution in [0, 0.1) is 6.92 Å². The summed E-state index contributed by atoms with van der Waals surface area (Å²) in [6.07, 6.45) is 2.57. The zero-order chi connectivity index (χ0) is 8.97. The van der Waals surface area contributed by atoms with Gasteiger partial charge in [0.1, 0.15) is 0 Å². The monoisotopic (exact) mass is 162 g/mol. The highest BCUT2D eigenvalue weighted by Crippen LogP contribution is 2.22. The predicted octanol–water partition coefficient (Wildman–Crippen LogP) is 3.90. The fourth-order valence-corrected chi connectivity index (χ4v) is 1.73. The molecule has 1 aromatic carbocycles. The lowest BCUT2D eigenvalue weighted by atomic mass is 9.93. The molecular formula is C12H18. The third-order valence-corrected chi connectivity index (χ3v) is 2.44. The van der Waals surface area contributed by atoms with E-state index in [4.69, 9.17) is 0 Å². The van der Waals surface area contributed by atoms with Crippen LogP contribution in [0.3, 0.4) is 0 Å². The van der Waals surface area contributed by atoms with E-state index in [1.807, 2.05) is 0 Å². The predicted molar refractivity (Wildman–Crippen MR) is 54.5 cm³/mol. The Labute approximate surface area is 75.6 Å². The first kappa shape index (κ1) is 9.31. The highest BCUT2D eigenvalue weighted by Gasteiger charge is 2.05. The smallest absolute Gasteiger partial charge is 0.0188 e. The Morgan fingerprint density at radius 1 is 1.25 bits per heavy atom. The van der Waals surface area contributed by atoms with Crippen LogP contribution in [0.1, 0.15) is 43.7 Å². The van der Waals surface area contributed by atoms with Crippen LogP contribution in [0.2, 0.25) is 0 Å². The van der Waals surface area contributed by atoms with Crippen molar-refractivity contribution in [1.29, 1.82) is 0 Å². The van der Waals surface area contributed by atoms with Crippen molar-refractivity contribution in [3.63, 3.8) is 0 Å². The lowest BCUT2D eigenvalue weighted by Gasteiger charge is -2.12. The van der Waals surface area contributed by atoms with Crippen LogP contribution < -0.4 is 0 Å². The summed E-state index contributed by atoms with van der Waals surface area (Å²) in [7, 11) is 0. The lowest BCUT2D eigenvalue weighted by molar-refractivity contribution is 0.661. The minimum absolute atomic E-state index is 0.719. The molecule has 0 fully saturated rings. The van der Waals surface area contributed by atoms with Gasteiger partial charge in [-0.15, -0.1) is 0 Å². The van der Waals surface area contributed by atoms with Gasteiger partial charge in [0.05, 0.1) is 0 Å². The molecule has 0 aliphatic carbocycles. The van der Waals surface area contributed by atoms with Gasteiger partial charge in [-0.3, -0.25) is 0 Å². The summed E-state index contributed by atoms with van der Waals surface area (Å²) in [5, 5.41) is 0. The first-order valence-corrected chi connectivity index (χ1v) is 4.81. The highest BCUT2D eigenvalue weighted by molar-refractivity contribution is 5.28. The maximum Gasteiger partial charge on any atom is -0.0188 e. The quantitative estimate of drug-likeness (QED) is 0.632. The molecule has 0 nitrogen and oxygen atoms in total. The van der Waals surface area contributed by atoms with Crippen molar-refractivity contribution in [1.82, 2.24) is 0 Å². The van der Waals surface area contributed by atoms with E-state index in [9.17, 15) is 0 Å². The van der Waals surface area contributed by atoms with E-state index in [-0.39, 0.29) is 0 Å². The Morgan fingerprint density at radius 2 is 1.92 bits per heavy atom. The number of rotatable bonds is 3. The second kappa shape index (κ2) is 4.30. The molecule has 66 valence electrons. The molecule has 1 rings (SSSR count). The van der Waals surface area contributed by atoms with Crippen molar-refractivity contribution in [2.45, 2.75) is 39.5 Å². The molecule has 1 aromatic rings. The zero-order valence-corrected chi connectivity index (χ0v) is 8.30. The average Bonchev–Trinajstić information content (AvgIpc) is 2.05. The minimum Gasteiger partial charge on any atom is -0.0654 e. The van der Waals surface area contributed by atoms with E-state index in [2.05, 4.69) is 45.0 Å². The van der Waals surface area contributed by atoms with Crippen molar-refractivity contribution in [2.75, 3.05) is 0 Å². The minimum atomic E-state index is 0.719. The fraction of sp³-hybridized carbons (Fsp3) is 0.500. The van der Waals surface area contributed by atoms with Crippen LogP contribution in [0.15, 0.2) is 24.3 Å². The molecular weight excluding hydrogens is 144 g/mol. The summed E-state index contributed by atoms with van der Waals surface area (Å²) in [6.45, 7) is 6.75. The summed E-state index contributed by atoms with van der Waals surface area (Å²) in [5.74, 6) is 0.719. The van der Waals surface area contributed by atoms with Crippen LogP contribution in [0.4, 0.5) is 0 Å². The molecule has 0 heteroatoms. The van der Waals surface area contributed by atoms with E-state index in [0.29, 0.717) is 0 Å². The third-order valence-electron chi connectivity index (χ3n) is 2.44. The number of hydrogen-bond donors (Lipinski definition) is 0. The zero-order valence-electron chi connectivity index (χ0n) is 8.30. The van der Waals surface area contributed by atoms with Crippen LogP contribution in [-0.2, 0) is 0 Å². The second-order valence-corrected chi connectivity index (χ2v) is 3.55. The van der Waals surface area contributed by atoms with Crippen LogP contribution in [0.25, 0.3) is 0 Å². The van der Waals surface area contributed by atoms with Crippen molar-refractivity contribution < 1.29 is 0 Å². The van der Waals surface area contributed by atoms with Crippen molar-refractivity contribution in [2.24, 2.45) is 0 Å². The number of hydrogen-bond acceptors (Lipinski definition) is 0. The molecule has 0 aromatic heterocycles. The molecule has 1 unspecified atom stereocenters. The molecule has 12 heavy (non-hydrogen) atoms. The highest BCUT2D eigenvalue weighted by atomic mass is 14.1. The molecule has 0 N–H and O–H groups in total. The van der Waals surface area contributed by atoms with E-state index in [1.54, 1.807) is 0 Å². The molecule has 0 heterocycles. The van der Waals surface area contributed by atoms with E-state index in [1.165, 1.54) is 24.0 Å². The third kappa shape index (κ3) is 2.10. The standard InChI is InChI=1S/C12H18/c1-4-7-10(2)12-9-6-5-8-11(12)3/h5-6,8-10H,4,7H2,1-3H3. The average molecular weight is 162 g/mol. The van der Waals surface area contributed by atoms with E-state index in [0.717, 1.165) is 5.92 Å². The van der Waals surface area contributed by atoms with Gasteiger partial charge in [0.25, 0.3) is 0 Å². The van der Waals surface area contributed by atoms with Crippen LogP contribution >= 0.6 is 0 Å². The molecule has 0 spiro atoms. The number of benzene rings is 1. The van der Waals surface area contributed by atoms with Gasteiger partial charge in [-0.05, 0) is 30.4 Å². The molecule has 0 aliphatic rings. The molecule has 0 saturated carbocycles. The van der Waals surface area contributed by atoms with E-state index >= 15 is 0 Å². The van der Waals surface area contributed by atoms with Crippen LogP contribution in [0.5, 0.6) is 0 Å². The van der Waals surface area contributed by atoms with Gasteiger partial charge in [-0.2, -0.15) is 0 Å². The Morgan fingerprint density at radius 3 is 2.50 bits per heavy atom.